The van der Waals surface area contributed by atoms with E-state index in [1.54, 1.807) is 55.6 Å². The van der Waals surface area contributed by atoms with Crippen LogP contribution in [0.1, 0.15) is 6.42 Å². The Bertz CT molecular complexity index is 940. The second kappa shape index (κ2) is 9.13. The molecule has 1 heterocycles. The second-order valence-corrected chi connectivity index (χ2v) is 6.59. The smallest absolute Gasteiger partial charge is 0.322 e. The van der Waals surface area contributed by atoms with Crippen molar-refractivity contribution in [1.29, 1.82) is 0 Å². The molecule has 8 heteroatoms. The molecule has 3 rings (SSSR count). The van der Waals surface area contributed by atoms with Crippen LogP contribution >= 0.6 is 0 Å². The van der Waals surface area contributed by atoms with Crippen molar-refractivity contribution in [3.05, 3.63) is 61.2 Å². The first-order valence-electron chi connectivity index (χ1n) is 9.32. The standard InChI is InChI=1S/C22H23N3O5/c1-4-13-24(22(28)23-15-5-9-17(29-2)10-6-15)19-14-20(26)25(21(19)27)16-7-11-18(30-3)12-8-16/h4-12,19H,1,13-14H2,2-3H3,(H,23,28)/t19-/m0/s1. The van der Waals surface area contributed by atoms with Gasteiger partial charge in [-0.1, -0.05) is 6.08 Å². The van der Waals surface area contributed by atoms with Gasteiger partial charge in [-0.25, -0.2) is 9.69 Å². The number of carbonyl (C=O) groups is 3. The molecule has 0 bridgehead atoms. The number of rotatable bonds is 7. The zero-order chi connectivity index (χ0) is 21.7. The Morgan fingerprint density at radius 3 is 2.20 bits per heavy atom. The van der Waals surface area contributed by atoms with E-state index in [0.29, 0.717) is 22.9 Å². The maximum atomic E-state index is 13.0. The third-order valence-electron chi connectivity index (χ3n) is 4.76. The van der Waals surface area contributed by atoms with Crippen molar-refractivity contribution in [2.24, 2.45) is 0 Å². The maximum Gasteiger partial charge on any atom is 0.322 e. The van der Waals surface area contributed by atoms with Crippen molar-refractivity contribution in [2.75, 3.05) is 31.0 Å². The highest BCUT2D eigenvalue weighted by molar-refractivity contribution is 6.23. The number of benzene rings is 2. The molecule has 1 atom stereocenters. The lowest BCUT2D eigenvalue weighted by Gasteiger charge is -2.26. The number of nitrogens with one attached hydrogen (secondary N) is 1. The van der Waals surface area contributed by atoms with Crippen molar-refractivity contribution >= 4 is 29.2 Å². The predicted molar refractivity (Wildman–Crippen MR) is 113 cm³/mol. The minimum absolute atomic E-state index is 0.102. The van der Waals surface area contributed by atoms with Crippen LogP contribution < -0.4 is 19.7 Å². The zero-order valence-electron chi connectivity index (χ0n) is 16.8. The van der Waals surface area contributed by atoms with E-state index in [1.165, 1.54) is 18.1 Å². The van der Waals surface area contributed by atoms with Crippen molar-refractivity contribution < 1.29 is 23.9 Å². The van der Waals surface area contributed by atoms with Gasteiger partial charge in [0.25, 0.3) is 5.91 Å². The molecule has 1 fully saturated rings. The number of ether oxygens (including phenoxy) is 2. The molecule has 8 nitrogen and oxygen atoms in total. The fourth-order valence-electron chi connectivity index (χ4n) is 3.22. The maximum absolute atomic E-state index is 13.0. The summed E-state index contributed by atoms with van der Waals surface area (Å²) in [5.74, 6) is 0.433. The molecule has 156 valence electrons. The molecule has 0 aromatic heterocycles. The number of urea groups is 1. The minimum Gasteiger partial charge on any atom is -0.497 e. The Kier molecular flexibility index (Phi) is 6.36. The highest BCUT2D eigenvalue weighted by Crippen LogP contribution is 2.28. The fraction of sp³-hybridized carbons (Fsp3) is 0.227. The van der Waals surface area contributed by atoms with Gasteiger partial charge < -0.3 is 19.7 Å². The Balaban J connectivity index is 1.79. The molecule has 0 saturated carbocycles. The van der Waals surface area contributed by atoms with Gasteiger partial charge in [0.05, 0.1) is 26.3 Å². The van der Waals surface area contributed by atoms with Crippen LogP contribution in [-0.2, 0) is 9.59 Å². The normalized spacial score (nSPS) is 15.7. The number of anilines is 2. The molecular formula is C22H23N3O5. The largest absolute Gasteiger partial charge is 0.497 e. The fourth-order valence-corrected chi connectivity index (χ4v) is 3.22. The number of methoxy groups -OCH3 is 2. The summed E-state index contributed by atoms with van der Waals surface area (Å²) in [5.41, 5.74) is 0.973. The summed E-state index contributed by atoms with van der Waals surface area (Å²) in [6.07, 6.45) is 1.41. The zero-order valence-corrected chi connectivity index (χ0v) is 16.8. The van der Waals surface area contributed by atoms with Crippen LogP contribution in [0.2, 0.25) is 0 Å². The number of hydrogen-bond acceptors (Lipinski definition) is 5. The number of hydrogen-bond donors (Lipinski definition) is 1. The van der Waals surface area contributed by atoms with Gasteiger partial charge in [0.15, 0.2) is 0 Å². The number of amides is 4. The lowest BCUT2D eigenvalue weighted by Crippen LogP contribution is -2.47. The molecule has 2 aromatic carbocycles. The van der Waals surface area contributed by atoms with Crippen LogP contribution in [0.15, 0.2) is 61.2 Å². The lowest BCUT2D eigenvalue weighted by molar-refractivity contribution is -0.122. The Hall–Kier alpha value is -3.81. The molecular weight excluding hydrogens is 386 g/mol. The summed E-state index contributed by atoms with van der Waals surface area (Å²) in [4.78, 5) is 40.9. The molecule has 1 aliphatic heterocycles. The first kappa shape index (κ1) is 20.9. The van der Waals surface area contributed by atoms with Crippen LogP contribution in [-0.4, -0.2) is 49.6 Å². The van der Waals surface area contributed by atoms with Crippen molar-refractivity contribution in [1.82, 2.24) is 4.90 Å². The van der Waals surface area contributed by atoms with Gasteiger partial charge in [-0.05, 0) is 48.5 Å². The summed E-state index contributed by atoms with van der Waals surface area (Å²) < 4.78 is 10.2. The van der Waals surface area contributed by atoms with Gasteiger partial charge in [0, 0.05) is 12.2 Å². The van der Waals surface area contributed by atoms with E-state index in [0.717, 1.165) is 4.90 Å². The topological polar surface area (TPSA) is 88.2 Å². The van der Waals surface area contributed by atoms with Crippen molar-refractivity contribution in [2.45, 2.75) is 12.5 Å². The molecule has 4 amide bonds. The first-order chi connectivity index (χ1) is 14.5. The van der Waals surface area contributed by atoms with E-state index in [9.17, 15) is 14.4 Å². The van der Waals surface area contributed by atoms with E-state index in [2.05, 4.69) is 11.9 Å². The van der Waals surface area contributed by atoms with E-state index in [4.69, 9.17) is 9.47 Å². The van der Waals surface area contributed by atoms with Crippen LogP contribution in [0.5, 0.6) is 11.5 Å². The van der Waals surface area contributed by atoms with Crippen LogP contribution in [0.25, 0.3) is 0 Å². The highest BCUT2D eigenvalue weighted by Gasteiger charge is 2.44. The molecule has 0 aliphatic carbocycles. The Morgan fingerprint density at radius 2 is 1.67 bits per heavy atom. The quantitative estimate of drug-likeness (QED) is 0.561. The average Bonchev–Trinajstić information content (AvgIpc) is 3.06. The SMILES string of the molecule is C=CCN(C(=O)Nc1ccc(OC)cc1)[C@H]1CC(=O)N(c2ccc(OC)cc2)C1=O. The van der Waals surface area contributed by atoms with E-state index < -0.39 is 18.0 Å². The summed E-state index contributed by atoms with van der Waals surface area (Å²) >= 11 is 0. The van der Waals surface area contributed by atoms with E-state index in [1.807, 2.05) is 0 Å². The van der Waals surface area contributed by atoms with Gasteiger partial charge in [-0.3, -0.25) is 9.59 Å². The first-order valence-corrected chi connectivity index (χ1v) is 9.32. The molecule has 0 unspecified atom stereocenters. The molecule has 30 heavy (non-hydrogen) atoms. The highest BCUT2D eigenvalue weighted by atomic mass is 16.5. The van der Waals surface area contributed by atoms with Gasteiger partial charge in [-0.2, -0.15) is 0 Å². The van der Waals surface area contributed by atoms with Gasteiger partial charge in [0.1, 0.15) is 17.5 Å². The minimum atomic E-state index is -0.921. The van der Waals surface area contributed by atoms with Crippen LogP contribution in [0.3, 0.4) is 0 Å². The molecule has 1 saturated heterocycles. The van der Waals surface area contributed by atoms with Gasteiger partial charge in [-0.15, -0.1) is 6.58 Å². The van der Waals surface area contributed by atoms with Gasteiger partial charge in [0.2, 0.25) is 5.91 Å². The summed E-state index contributed by atoms with van der Waals surface area (Å²) in [6, 6.07) is 12.0. The number of carbonyl (C=O) groups excluding carboxylic acids is 3. The molecule has 0 spiro atoms. The average molecular weight is 409 g/mol. The van der Waals surface area contributed by atoms with Crippen LogP contribution in [0, 0.1) is 0 Å². The van der Waals surface area contributed by atoms with Crippen molar-refractivity contribution in [3.63, 3.8) is 0 Å². The predicted octanol–water partition coefficient (Wildman–Crippen LogP) is 3.06. The number of nitrogens with zero attached hydrogens (tertiary/aromatic N) is 2. The lowest BCUT2D eigenvalue weighted by atomic mass is 10.2. The molecule has 2 aromatic rings. The number of imide groups is 1. The van der Waals surface area contributed by atoms with E-state index in [-0.39, 0.29) is 18.9 Å². The molecule has 1 aliphatic rings. The Morgan fingerprint density at radius 1 is 1.10 bits per heavy atom. The third kappa shape index (κ3) is 4.27. The van der Waals surface area contributed by atoms with Gasteiger partial charge >= 0.3 is 6.03 Å². The molecule has 1 N–H and O–H groups in total. The molecule has 0 radical (unpaired) electrons. The van der Waals surface area contributed by atoms with Crippen molar-refractivity contribution in [3.8, 4) is 11.5 Å². The summed E-state index contributed by atoms with van der Waals surface area (Å²) in [6.45, 7) is 3.78. The monoisotopic (exact) mass is 409 g/mol. The second-order valence-electron chi connectivity index (χ2n) is 6.59. The summed E-state index contributed by atoms with van der Waals surface area (Å²) in [5, 5.41) is 2.75. The van der Waals surface area contributed by atoms with E-state index >= 15 is 0 Å². The third-order valence-corrected chi connectivity index (χ3v) is 4.76. The summed E-state index contributed by atoms with van der Waals surface area (Å²) in [7, 11) is 3.09. The van der Waals surface area contributed by atoms with Crippen LogP contribution in [0.4, 0.5) is 16.2 Å². The Labute approximate surface area is 174 Å².